The molecule has 2 N–H and O–H groups in total. The van der Waals surface area contributed by atoms with E-state index in [0.29, 0.717) is 0 Å². The molecule has 64 valence electrons. The number of nitrogens with two attached hydrogens (primary N) is 1. The van der Waals surface area contributed by atoms with Gasteiger partial charge < -0.3 is 4.74 Å². The molecule has 0 radical (unpaired) electrons. The smallest absolute Gasteiger partial charge is 0.315 e. The van der Waals surface area contributed by atoms with Crippen molar-refractivity contribution in [2.24, 2.45) is 5.73 Å². The number of ether oxygens (including phenoxy) is 1. The molecule has 0 unspecified atom stereocenters. The SMILES string of the molecule is CC(=O)CC(=O)OC(C)(C)N. The van der Waals surface area contributed by atoms with Crippen LogP contribution in [0.15, 0.2) is 0 Å². The summed E-state index contributed by atoms with van der Waals surface area (Å²) < 4.78 is 4.67. The Kier molecular flexibility index (Phi) is 3.19. The van der Waals surface area contributed by atoms with Crippen LogP contribution in [-0.2, 0) is 14.3 Å². The van der Waals surface area contributed by atoms with E-state index in [2.05, 4.69) is 4.74 Å². The molecule has 0 rings (SSSR count). The molecular formula is C7H13NO3. The Hall–Kier alpha value is -0.900. The molecule has 0 amide bonds. The van der Waals surface area contributed by atoms with E-state index in [1.54, 1.807) is 13.8 Å². The van der Waals surface area contributed by atoms with Crippen molar-refractivity contribution in [3.8, 4) is 0 Å². The van der Waals surface area contributed by atoms with Crippen LogP contribution in [0.4, 0.5) is 0 Å². The summed E-state index contributed by atoms with van der Waals surface area (Å²) in [5, 5.41) is 0. The molecule has 0 fully saturated rings. The molecule has 4 nitrogen and oxygen atoms in total. The molecule has 11 heavy (non-hydrogen) atoms. The lowest BCUT2D eigenvalue weighted by atomic mass is 10.3. The second-order valence-corrected chi connectivity index (χ2v) is 2.96. The van der Waals surface area contributed by atoms with E-state index in [1.165, 1.54) is 6.92 Å². The maximum Gasteiger partial charge on any atom is 0.315 e. The molecule has 0 saturated carbocycles. The first-order valence-corrected chi connectivity index (χ1v) is 3.31. The van der Waals surface area contributed by atoms with Gasteiger partial charge in [0.2, 0.25) is 0 Å². The third-order valence-corrected chi connectivity index (χ3v) is 0.770. The Bertz CT molecular complexity index is 169. The molecule has 0 spiro atoms. The fourth-order valence-corrected chi connectivity index (χ4v) is 0.533. The molecule has 0 bridgehead atoms. The molecule has 4 heteroatoms. The van der Waals surface area contributed by atoms with Crippen LogP contribution in [0.25, 0.3) is 0 Å². The zero-order valence-electron chi connectivity index (χ0n) is 7.01. The van der Waals surface area contributed by atoms with E-state index in [-0.39, 0.29) is 12.2 Å². The fraction of sp³-hybridized carbons (Fsp3) is 0.714. The van der Waals surface area contributed by atoms with Crippen molar-refractivity contribution in [1.82, 2.24) is 0 Å². The summed E-state index contributed by atoms with van der Waals surface area (Å²) in [5.74, 6) is -0.802. The van der Waals surface area contributed by atoms with Crippen molar-refractivity contribution in [2.45, 2.75) is 32.9 Å². The lowest BCUT2D eigenvalue weighted by Crippen LogP contribution is -2.38. The Balaban J connectivity index is 3.80. The van der Waals surface area contributed by atoms with Crippen LogP contribution in [0, 0.1) is 0 Å². The molecule has 0 saturated heterocycles. The van der Waals surface area contributed by atoms with Gasteiger partial charge >= 0.3 is 5.97 Å². The molecule has 0 aromatic rings. The lowest BCUT2D eigenvalue weighted by Gasteiger charge is -2.18. The minimum absolute atomic E-state index is 0.208. The summed E-state index contributed by atoms with van der Waals surface area (Å²) >= 11 is 0. The van der Waals surface area contributed by atoms with Crippen LogP contribution in [0.1, 0.15) is 27.2 Å². The highest BCUT2D eigenvalue weighted by Crippen LogP contribution is 2.01. The number of carbonyl (C=O) groups is 2. The highest BCUT2D eigenvalue weighted by molar-refractivity contribution is 5.94. The zero-order valence-corrected chi connectivity index (χ0v) is 7.01. The average molecular weight is 159 g/mol. The third kappa shape index (κ3) is 6.99. The molecule has 0 aliphatic rings. The predicted molar refractivity (Wildman–Crippen MR) is 39.7 cm³/mol. The van der Waals surface area contributed by atoms with Crippen molar-refractivity contribution < 1.29 is 14.3 Å². The van der Waals surface area contributed by atoms with Gasteiger partial charge in [-0.05, 0) is 20.8 Å². The maximum atomic E-state index is 10.7. The first-order valence-electron chi connectivity index (χ1n) is 3.31. The first-order chi connectivity index (χ1) is 4.81. The number of Topliss-reactive ketones (excluding diaryl/α,β-unsaturated/α-hetero) is 1. The minimum Gasteiger partial charge on any atom is -0.444 e. The minimum atomic E-state index is -0.994. The van der Waals surface area contributed by atoms with Gasteiger partial charge in [0.05, 0.1) is 0 Å². The Morgan fingerprint density at radius 2 is 1.91 bits per heavy atom. The second-order valence-electron chi connectivity index (χ2n) is 2.96. The summed E-state index contributed by atoms with van der Waals surface area (Å²) in [6, 6.07) is 0. The highest BCUT2D eigenvalue weighted by Gasteiger charge is 2.17. The summed E-state index contributed by atoms with van der Waals surface area (Å²) in [7, 11) is 0. The van der Waals surface area contributed by atoms with E-state index < -0.39 is 11.7 Å². The van der Waals surface area contributed by atoms with Crippen molar-refractivity contribution in [3.05, 3.63) is 0 Å². The van der Waals surface area contributed by atoms with Gasteiger partial charge in [0.25, 0.3) is 0 Å². The van der Waals surface area contributed by atoms with Crippen LogP contribution in [0.5, 0.6) is 0 Å². The van der Waals surface area contributed by atoms with Crippen LogP contribution < -0.4 is 5.73 Å². The summed E-state index contributed by atoms with van der Waals surface area (Å²) in [6.07, 6.45) is -0.208. The molecule has 0 aliphatic carbocycles. The van der Waals surface area contributed by atoms with E-state index in [4.69, 9.17) is 5.73 Å². The quantitative estimate of drug-likeness (QED) is 0.363. The standard InChI is InChI=1S/C7H13NO3/c1-5(9)4-6(10)11-7(2,3)8/h4,8H2,1-3H3. The highest BCUT2D eigenvalue weighted by atomic mass is 16.6. The molecule has 0 heterocycles. The van der Waals surface area contributed by atoms with Crippen molar-refractivity contribution in [2.75, 3.05) is 0 Å². The zero-order chi connectivity index (χ0) is 9.07. The van der Waals surface area contributed by atoms with Crippen LogP contribution in [0.3, 0.4) is 0 Å². The van der Waals surface area contributed by atoms with Gasteiger partial charge in [-0.15, -0.1) is 0 Å². The topological polar surface area (TPSA) is 69.4 Å². The number of rotatable bonds is 3. The van der Waals surface area contributed by atoms with Gasteiger partial charge in [0.15, 0.2) is 5.72 Å². The van der Waals surface area contributed by atoms with Crippen molar-refractivity contribution in [1.29, 1.82) is 0 Å². The molecule has 0 aromatic heterocycles. The van der Waals surface area contributed by atoms with Crippen molar-refractivity contribution >= 4 is 11.8 Å². The average Bonchev–Trinajstić information content (AvgIpc) is 1.53. The molecule has 0 atom stereocenters. The van der Waals surface area contributed by atoms with Gasteiger partial charge in [0.1, 0.15) is 12.2 Å². The normalized spacial score (nSPS) is 10.9. The number of hydrogen-bond acceptors (Lipinski definition) is 4. The van der Waals surface area contributed by atoms with Crippen LogP contribution in [0.2, 0.25) is 0 Å². The number of hydrogen-bond donors (Lipinski definition) is 1. The monoisotopic (exact) mass is 159 g/mol. The van der Waals surface area contributed by atoms with E-state index in [0.717, 1.165) is 0 Å². The van der Waals surface area contributed by atoms with Gasteiger partial charge in [-0.25, -0.2) is 0 Å². The molecule has 0 aromatic carbocycles. The van der Waals surface area contributed by atoms with Gasteiger partial charge in [0, 0.05) is 0 Å². The fourth-order valence-electron chi connectivity index (χ4n) is 0.533. The number of carbonyl (C=O) groups excluding carboxylic acids is 2. The number of esters is 1. The van der Waals surface area contributed by atoms with E-state index in [9.17, 15) is 9.59 Å². The molecule has 0 aliphatic heterocycles. The van der Waals surface area contributed by atoms with Crippen LogP contribution >= 0.6 is 0 Å². The summed E-state index contributed by atoms with van der Waals surface area (Å²) in [6.45, 7) is 4.42. The van der Waals surface area contributed by atoms with Gasteiger partial charge in [-0.2, -0.15) is 0 Å². The number of ketones is 1. The Morgan fingerprint density at radius 1 is 1.45 bits per heavy atom. The van der Waals surface area contributed by atoms with Gasteiger partial charge in [-0.1, -0.05) is 0 Å². The van der Waals surface area contributed by atoms with E-state index >= 15 is 0 Å². The Morgan fingerprint density at radius 3 is 2.18 bits per heavy atom. The van der Waals surface area contributed by atoms with Crippen molar-refractivity contribution in [3.63, 3.8) is 0 Å². The molecular weight excluding hydrogens is 146 g/mol. The maximum absolute atomic E-state index is 10.7. The van der Waals surface area contributed by atoms with Crippen LogP contribution in [-0.4, -0.2) is 17.5 Å². The first kappa shape index (κ1) is 10.1. The predicted octanol–water partition coefficient (Wildman–Crippen LogP) is 0.204. The third-order valence-electron chi connectivity index (χ3n) is 0.770. The Labute approximate surface area is 65.7 Å². The largest absolute Gasteiger partial charge is 0.444 e. The second kappa shape index (κ2) is 3.48. The lowest BCUT2D eigenvalue weighted by molar-refractivity contribution is -0.156. The van der Waals surface area contributed by atoms with Gasteiger partial charge in [-0.3, -0.25) is 15.3 Å². The van der Waals surface area contributed by atoms with E-state index in [1.807, 2.05) is 0 Å². The summed E-state index contributed by atoms with van der Waals surface area (Å²) in [5.41, 5.74) is 4.36. The summed E-state index contributed by atoms with van der Waals surface area (Å²) in [4.78, 5) is 21.1.